The van der Waals surface area contributed by atoms with Gasteiger partial charge in [0, 0.05) is 13.1 Å². The molecule has 0 aliphatic carbocycles. The Morgan fingerprint density at radius 3 is 2.94 bits per heavy atom. The summed E-state index contributed by atoms with van der Waals surface area (Å²) in [6.07, 6.45) is 4.23. The van der Waals surface area contributed by atoms with E-state index in [1.807, 2.05) is 41.0 Å². The monoisotopic (exact) mass is 226 g/mol. The van der Waals surface area contributed by atoms with Gasteiger partial charge in [-0.3, -0.25) is 0 Å². The molecule has 1 heterocycles. The molecule has 0 aliphatic heterocycles. The predicted octanol–water partition coefficient (Wildman–Crippen LogP) is 1.62. The predicted molar refractivity (Wildman–Crippen MR) is 67.2 cm³/mol. The van der Waals surface area contributed by atoms with Crippen LogP contribution < -0.4 is 5.73 Å². The zero-order chi connectivity index (χ0) is 12.1. The number of nitrogens with two attached hydrogens (primary N) is 1. The van der Waals surface area contributed by atoms with E-state index in [0.29, 0.717) is 19.5 Å². The maximum absolute atomic E-state index is 8.80. The van der Waals surface area contributed by atoms with E-state index in [0.717, 1.165) is 16.9 Å². The van der Waals surface area contributed by atoms with E-state index >= 15 is 0 Å². The second-order valence-corrected chi connectivity index (χ2v) is 3.67. The molecule has 4 heteroatoms. The molecule has 0 radical (unpaired) electrons. The standard InChI is InChI=1S/C13H14N4/c14-8-3-4-10-17-12-6-2-1-5-11(12)16-13(17)7-9-15/h1-6H,7-8,10,14H2. The normalized spacial score (nSPS) is 11.1. The van der Waals surface area contributed by atoms with Crippen LogP contribution in [0.3, 0.4) is 0 Å². The van der Waals surface area contributed by atoms with Crippen molar-refractivity contribution >= 4 is 11.0 Å². The van der Waals surface area contributed by atoms with E-state index in [4.69, 9.17) is 11.0 Å². The number of nitriles is 1. The lowest BCUT2D eigenvalue weighted by atomic mass is 10.3. The lowest BCUT2D eigenvalue weighted by Gasteiger charge is -2.03. The first-order valence-electron chi connectivity index (χ1n) is 5.53. The highest BCUT2D eigenvalue weighted by Crippen LogP contribution is 2.16. The fourth-order valence-corrected chi connectivity index (χ4v) is 1.81. The summed E-state index contributed by atoms with van der Waals surface area (Å²) in [4.78, 5) is 4.46. The number of allylic oxidation sites excluding steroid dienone is 1. The lowest BCUT2D eigenvalue weighted by Crippen LogP contribution is -2.02. The van der Waals surface area contributed by atoms with Crippen LogP contribution in [0.4, 0.5) is 0 Å². The van der Waals surface area contributed by atoms with Gasteiger partial charge in [-0.25, -0.2) is 4.98 Å². The molecule has 2 aromatic rings. The Hall–Kier alpha value is -2.12. The Bertz CT molecular complexity index is 575. The number of imidazole rings is 1. The number of nitrogens with zero attached hydrogens (tertiary/aromatic N) is 3. The van der Waals surface area contributed by atoms with Crippen LogP contribution in [-0.2, 0) is 13.0 Å². The van der Waals surface area contributed by atoms with Gasteiger partial charge in [0.1, 0.15) is 5.82 Å². The SMILES string of the molecule is N#CCc1nc2ccccc2n1CC=CCN. The third-order valence-corrected chi connectivity index (χ3v) is 2.56. The minimum absolute atomic E-state index is 0.325. The number of aromatic nitrogens is 2. The first-order valence-corrected chi connectivity index (χ1v) is 5.53. The number of rotatable bonds is 4. The van der Waals surface area contributed by atoms with Crippen molar-refractivity contribution in [2.24, 2.45) is 5.73 Å². The van der Waals surface area contributed by atoms with Crippen LogP contribution in [0.1, 0.15) is 5.82 Å². The molecule has 86 valence electrons. The van der Waals surface area contributed by atoms with Crippen LogP contribution in [0, 0.1) is 11.3 Å². The molecule has 0 fully saturated rings. The van der Waals surface area contributed by atoms with Crippen molar-refractivity contribution in [1.29, 1.82) is 5.26 Å². The van der Waals surface area contributed by atoms with Crippen LogP contribution in [0.15, 0.2) is 36.4 Å². The van der Waals surface area contributed by atoms with E-state index in [1.165, 1.54) is 0 Å². The molecule has 0 spiro atoms. The van der Waals surface area contributed by atoms with Crippen molar-refractivity contribution in [2.75, 3.05) is 6.54 Å². The van der Waals surface area contributed by atoms with Gasteiger partial charge in [0.05, 0.1) is 23.5 Å². The van der Waals surface area contributed by atoms with Crippen LogP contribution in [-0.4, -0.2) is 16.1 Å². The third kappa shape index (κ3) is 2.35. The highest BCUT2D eigenvalue weighted by molar-refractivity contribution is 5.76. The molecule has 4 nitrogen and oxygen atoms in total. The summed E-state index contributed by atoms with van der Waals surface area (Å²) in [5, 5.41) is 8.80. The number of hydrogen-bond donors (Lipinski definition) is 1. The van der Waals surface area contributed by atoms with E-state index < -0.39 is 0 Å². The molecule has 1 aromatic heterocycles. The second kappa shape index (κ2) is 5.28. The molecule has 0 unspecified atom stereocenters. The Morgan fingerprint density at radius 2 is 2.18 bits per heavy atom. The molecule has 2 rings (SSSR count). The highest BCUT2D eigenvalue weighted by Gasteiger charge is 2.08. The summed E-state index contributed by atoms with van der Waals surface area (Å²) < 4.78 is 2.05. The summed E-state index contributed by atoms with van der Waals surface area (Å²) in [6, 6.07) is 10.0. The molecule has 0 bridgehead atoms. The number of hydrogen-bond acceptors (Lipinski definition) is 3. The van der Waals surface area contributed by atoms with Gasteiger partial charge in [0.2, 0.25) is 0 Å². The summed E-state index contributed by atoms with van der Waals surface area (Å²) in [5.41, 5.74) is 7.40. The first kappa shape index (κ1) is 11.4. The third-order valence-electron chi connectivity index (χ3n) is 2.56. The van der Waals surface area contributed by atoms with Crippen LogP contribution >= 0.6 is 0 Å². The Balaban J connectivity index is 2.44. The van der Waals surface area contributed by atoms with Crippen molar-refractivity contribution < 1.29 is 0 Å². The van der Waals surface area contributed by atoms with E-state index in [9.17, 15) is 0 Å². The molecule has 0 saturated heterocycles. The molecular weight excluding hydrogens is 212 g/mol. The molecule has 17 heavy (non-hydrogen) atoms. The summed E-state index contributed by atoms with van der Waals surface area (Å²) in [6.45, 7) is 1.23. The summed E-state index contributed by atoms with van der Waals surface area (Å²) in [5.74, 6) is 0.801. The molecule has 0 atom stereocenters. The lowest BCUT2D eigenvalue weighted by molar-refractivity contribution is 0.786. The van der Waals surface area contributed by atoms with Crippen molar-refractivity contribution in [3.8, 4) is 6.07 Å². The largest absolute Gasteiger partial charge is 0.327 e. The van der Waals surface area contributed by atoms with Gasteiger partial charge < -0.3 is 10.3 Å². The summed E-state index contributed by atoms with van der Waals surface area (Å²) in [7, 11) is 0. The molecule has 2 N–H and O–H groups in total. The van der Waals surface area contributed by atoms with E-state index in [1.54, 1.807) is 0 Å². The van der Waals surface area contributed by atoms with Gasteiger partial charge in [0.25, 0.3) is 0 Å². The quantitative estimate of drug-likeness (QED) is 0.805. The van der Waals surface area contributed by atoms with Gasteiger partial charge in [-0.15, -0.1) is 0 Å². The minimum atomic E-state index is 0.325. The minimum Gasteiger partial charge on any atom is -0.327 e. The molecular formula is C13H14N4. The van der Waals surface area contributed by atoms with Gasteiger partial charge in [0.15, 0.2) is 0 Å². The number of fused-ring (bicyclic) bond motifs is 1. The average Bonchev–Trinajstić information content (AvgIpc) is 2.69. The van der Waals surface area contributed by atoms with Crippen molar-refractivity contribution in [2.45, 2.75) is 13.0 Å². The summed E-state index contributed by atoms with van der Waals surface area (Å²) >= 11 is 0. The van der Waals surface area contributed by atoms with E-state index in [-0.39, 0.29) is 0 Å². The maximum atomic E-state index is 8.80. The van der Waals surface area contributed by atoms with Crippen LogP contribution in [0.5, 0.6) is 0 Å². The smallest absolute Gasteiger partial charge is 0.124 e. The van der Waals surface area contributed by atoms with Crippen LogP contribution in [0.2, 0.25) is 0 Å². The molecule has 0 aliphatic rings. The topological polar surface area (TPSA) is 67.6 Å². The Labute approximate surface area is 100.0 Å². The Kier molecular flexibility index (Phi) is 3.53. The van der Waals surface area contributed by atoms with Gasteiger partial charge in [-0.1, -0.05) is 24.3 Å². The Morgan fingerprint density at radius 1 is 1.35 bits per heavy atom. The van der Waals surface area contributed by atoms with Gasteiger partial charge in [-0.05, 0) is 12.1 Å². The fourth-order valence-electron chi connectivity index (χ4n) is 1.81. The molecule has 0 amide bonds. The van der Waals surface area contributed by atoms with Crippen molar-refractivity contribution in [3.05, 3.63) is 42.2 Å². The second-order valence-electron chi connectivity index (χ2n) is 3.67. The highest BCUT2D eigenvalue weighted by atomic mass is 15.1. The average molecular weight is 226 g/mol. The van der Waals surface area contributed by atoms with Crippen molar-refractivity contribution in [3.63, 3.8) is 0 Å². The van der Waals surface area contributed by atoms with Gasteiger partial charge >= 0.3 is 0 Å². The van der Waals surface area contributed by atoms with Crippen molar-refractivity contribution in [1.82, 2.24) is 9.55 Å². The number of benzene rings is 1. The molecule has 1 aromatic carbocycles. The molecule has 0 saturated carbocycles. The maximum Gasteiger partial charge on any atom is 0.124 e. The fraction of sp³-hybridized carbons (Fsp3) is 0.231. The van der Waals surface area contributed by atoms with E-state index in [2.05, 4.69) is 11.1 Å². The van der Waals surface area contributed by atoms with Gasteiger partial charge in [-0.2, -0.15) is 5.26 Å². The first-order chi connectivity index (χ1) is 8.36. The number of para-hydroxylation sites is 2. The zero-order valence-electron chi connectivity index (χ0n) is 9.50. The zero-order valence-corrected chi connectivity index (χ0v) is 9.50. The van der Waals surface area contributed by atoms with Crippen LogP contribution in [0.25, 0.3) is 11.0 Å².